The number of carbonyl (C=O) groups excluding carboxylic acids is 1. The van der Waals surface area contributed by atoms with Crippen LogP contribution in [0.4, 0.5) is 0 Å². The van der Waals surface area contributed by atoms with E-state index in [1.165, 1.54) is 0 Å². The van der Waals surface area contributed by atoms with Crippen molar-refractivity contribution >= 4 is 5.91 Å². The third-order valence-corrected chi connectivity index (χ3v) is 3.54. The van der Waals surface area contributed by atoms with Gasteiger partial charge in [0.1, 0.15) is 17.1 Å². The second-order valence-electron chi connectivity index (χ2n) is 4.99. The van der Waals surface area contributed by atoms with Gasteiger partial charge in [0.25, 0.3) is 5.91 Å². The molecule has 2 atom stereocenters. The summed E-state index contributed by atoms with van der Waals surface area (Å²) in [5.74, 6) is 0.975. The number of methoxy groups -OCH3 is 2. The van der Waals surface area contributed by atoms with Crippen molar-refractivity contribution in [3.05, 3.63) is 23.8 Å². The smallest absolute Gasteiger partial charge is 0.262 e. The van der Waals surface area contributed by atoms with Crippen molar-refractivity contribution in [2.45, 2.75) is 25.9 Å². The van der Waals surface area contributed by atoms with E-state index in [0.717, 1.165) is 0 Å². The molecule has 0 aromatic heterocycles. The fraction of sp³-hybridized carbons (Fsp3) is 0.533. The number of carbonyl (C=O) groups is 1. The van der Waals surface area contributed by atoms with Gasteiger partial charge in [-0.15, -0.1) is 0 Å². The maximum atomic E-state index is 12.9. The normalized spacial score (nSPS) is 22.5. The van der Waals surface area contributed by atoms with Gasteiger partial charge in [0, 0.05) is 0 Å². The maximum absolute atomic E-state index is 12.9. The Morgan fingerprint density at radius 2 is 1.65 bits per heavy atom. The lowest BCUT2D eigenvalue weighted by Crippen LogP contribution is -2.52. The number of benzene rings is 1. The van der Waals surface area contributed by atoms with Crippen LogP contribution in [0.2, 0.25) is 0 Å². The van der Waals surface area contributed by atoms with Gasteiger partial charge in [-0.2, -0.15) is 0 Å². The van der Waals surface area contributed by atoms with Gasteiger partial charge in [-0.25, -0.2) is 0 Å². The number of rotatable bonds is 3. The SMILES string of the molecule is COc1cccc(OC)c1C(=O)N1C(C)COCC1C. The summed E-state index contributed by atoms with van der Waals surface area (Å²) >= 11 is 0. The molecular formula is C15H21NO4. The lowest BCUT2D eigenvalue weighted by atomic mass is 10.1. The number of nitrogens with zero attached hydrogens (tertiary/aromatic N) is 1. The summed E-state index contributed by atoms with van der Waals surface area (Å²) in [5.41, 5.74) is 0.470. The van der Waals surface area contributed by atoms with Crippen LogP contribution >= 0.6 is 0 Å². The minimum atomic E-state index is -0.0809. The lowest BCUT2D eigenvalue weighted by Gasteiger charge is -2.39. The van der Waals surface area contributed by atoms with Crippen LogP contribution < -0.4 is 9.47 Å². The monoisotopic (exact) mass is 279 g/mol. The maximum Gasteiger partial charge on any atom is 0.262 e. The topological polar surface area (TPSA) is 48.0 Å². The van der Waals surface area contributed by atoms with Crippen LogP contribution in [-0.4, -0.2) is 50.3 Å². The molecule has 1 saturated heterocycles. The summed E-state index contributed by atoms with van der Waals surface area (Å²) in [6.07, 6.45) is 0. The van der Waals surface area contributed by atoms with Crippen molar-refractivity contribution in [1.29, 1.82) is 0 Å². The minimum absolute atomic E-state index is 0.0286. The molecule has 2 unspecified atom stereocenters. The van der Waals surface area contributed by atoms with E-state index in [1.807, 2.05) is 18.7 Å². The molecule has 0 radical (unpaired) electrons. The summed E-state index contributed by atoms with van der Waals surface area (Å²) in [6.45, 7) is 5.06. The average molecular weight is 279 g/mol. The third-order valence-electron chi connectivity index (χ3n) is 3.54. The molecule has 1 aromatic rings. The van der Waals surface area contributed by atoms with Crippen LogP contribution in [0.3, 0.4) is 0 Å². The van der Waals surface area contributed by atoms with Crippen LogP contribution in [0.25, 0.3) is 0 Å². The zero-order chi connectivity index (χ0) is 14.7. The highest BCUT2D eigenvalue weighted by molar-refractivity contribution is 6.00. The quantitative estimate of drug-likeness (QED) is 0.848. The first-order valence-electron chi connectivity index (χ1n) is 6.71. The van der Waals surface area contributed by atoms with Gasteiger partial charge in [-0.05, 0) is 26.0 Å². The molecule has 1 fully saturated rings. The molecule has 0 bridgehead atoms. The Morgan fingerprint density at radius 3 is 2.10 bits per heavy atom. The molecule has 20 heavy (non-hydrogen) atoms. The molecule has 1 aliphatic rings. The highest BCUT2D eigenvalue weighted by Crippen LogP contribution is 2.31. The Hall–Kier alpha value is -1.75. The highest BCUT2D eigenvalue weighted by Gasteiger charge is 2.33. The predicted molar refractivity (Wildman–Crippen MR) is 75.5 cm³/mol. The van der Waals surface area contributed by atoms with Crippen molar-refractivity contribution < 1.29 is 19.0 Å². The number of amides is 1. The zero-order valence-corrected chi connectivity index (χ0v) is 12.4. The summed E-state index contributed by atoms with van der Waals surface area (Å²) in [4.78, 5) is 14.7. The molecule has 2 rings (SSSR count). The fourth-order valence-electron chi connectivity index (χ4n) is 2.60. The van der Waals surface area contributed by atoms with Gasteiger partial charge in [-0.1, -0.05) is 6.07 Å². The Kier molecular flexibility index (Phi) is 4.49. The number of morpholine rings is 1. The van der Waals surface area contributed by atoms with Crippen LogP contribution in [0.1, 0.15) is 24.2 Å². The van der Waals surface area contributed by atoms with Crippen molar-refractivity contribution in [1.82, 2.24) is 4.90 Å². The van der Waals surface area contributed by atoms with Crippen LogP contribution in [-0.2, 0) is 4.74 Å². The third kappa shape index (κ3) is 2.58. The van der Waals surface area contributed by atoms with Crippen molar-refractivity contribution in [3.63, 3.8) is 0 Å². The second-order valence-corrected chi connectivity index (χ2v) is 4.99. The van der Waals surface area contributed by atoms with E-state index in [4.69, 9.17) is 14.2 Å². The van der Waals surface area contributed by atoms with E-state index in [-0.39, 0.29) is 18.0 Å². The first-order valence-corrected chi connectivity index (χ1v) is 6.71. The number of hydrogen-bond acceptors (Lipinski definition) is 4. The summed E-state index contributed by atoms with van der Waals surface area (Å²) in [7, 11) is 3.11. The van der Waals surface area contributed by atoms with Gasteiger partial charge in [0.2, 0.25) is 0 Å². The first kappa shape index (κ1) is 14.7. The van der Waals surface area contributed by atoms with Crippen LogP contribution in [0.5, 0.6) is 11.5 Å². The molecule has 0 aliphatic carbocycles. The summed E-state index contributed by atoms with van der Waals surface area (Å²) in [5, 5.41) is 0. The first-order chi connectivity index (χ1) is 9.60. The van der Waals surface area contributed by atoms with E-state index in [2.05, 4.69) is 0 Å². The largest absolute Gasteiger partial charge is 0.496 e. The van der Waals surface area contributed by atoms with Gasteiger partial charge in [0.05, 0.1) is 39.5 Å². The average Bonchev–Trinajstić information content (AvgIpc) is 2.45. The van der Waals surface area contributed by atoms with Gasteiger partial charge < -0.3 is 19.1 Å². The van der Waals surface area contributed by atoms with Crippen molar-refractivity contribution in [3.8, 4) is 11.5 Å². The Morgan fingerprint density at radius 1 is 1.15 bits per heavy atom. The molecule has 1 aliphatic heterocycles. The van der Waals surface area contributed by atoms with Crippen molar-refractivity contribution in [2.24, 2.45) is 0 Å². The van der Waals surface area contributed by atoms with E-state index in [9.17, 15) is 4.79 Å². The molecule has 0 N–H and O–H groups in total. The van der Waals surface area contributed by atoms with Gasteiger partial charge in [0.15, 0.2) is 0 Å². The molecule has 5 heteroatoms. The Labute approximate surface area is 119 Å². The lowest BCUT2D eigenvalue weighted by molar-refractivity contribution is -0.0252. The van der Waals surface area contributed by atoms with E-state index in [0.29, 0.717) is 30.3 Å². The zero-order valence-electron chi connectivity index (χ0n) is 12.4. The molecule has 5 nitrogen and oxygen atoms in total. The molecule has 0 saturated carbocycles. The van der Waals surface area contributed by atoms with Crippen LogP contribution in [0, 0.1) is 0 Å². The summed E-state index contributed by atoms with van der Waals surface area (Å²) in [6, 6.07) is 5.40. The standard InChI is InChI=1S/C15H21NO4/c1-10-8-20-9-11(2)16(10)15(17)14-12(18-3)6-5-7-13(14)19-4/h5-7,10-11H,8-9H2,1-4H3. The van der Waals surface area contributed by atoms with Crippen LogP contribution in [0.15, 0.2) is 18.2 Å². The van der Waals surface area contributed by atoms with E-state index < -0.39 is 0 Å². The number of hydrogen-bond donors (Lipinski definition) is 0. The predicted octanol–water partition coefficient (Wildman–Crippen LogP) is 1.95. The highest BCUT2D eigenvalue weighted by atomic mass is 16.5. The molecular weight excluding hydrogens is 258 g/mol. The molecule has 0 spiro atoms. The molecule has 1 heterocycles. The van der Waals surface area contributed by atoms with Gasteiger partial charge >= 0.3 is 0 Å². The molecule has 1 aromatic carbocycles. The number of ether oxygens (including phenoxy) is 3. The molecule has 1 amide bonds. The minimum Gasteiger partial charge on any atom is -0.496 e. The van der Waals surface area contributed by atoms with Crippen molar-refractivity contribution in [2.75, 3.05) is 27.4 Å². The van der Waals surface area contributed by atoms with E-state index in [1.54, 1.807) is 32.4 Å². The Balaban J connectivity index is 2.41. The fourth-order valence-corrected chi connectivity index (χ4v) is 2.60. The summed E-state index contributed by atoms with van der Waals surface area (Å²) < 4.78 is 16.1. The van der Waals surface area contributed by atoms with Gasteiger partial charge in [-0.3, -0.25) is 4.79 Å². The molecule has 110 valence electrons. The van der Waals surface area contributed by atoms with E-state index >= 15 is 0 Å². The Bertz CT molecular complexity index is 457. The second kappa shape index (κ2) is 6.13.